The molecule has 2 aromatic carbocycles. The number of nitro benzene ring substituents is 1. The number of aryl methyl sites for hydroxylation is 2. The van der Waals surface area contributed by atoms with Crippen molar-refractivity contribution in [1.82, 2.24) is 0 Å². The fourth-order valence-corrected chi connectivity index (χ4v) is 3.04. The molecular weight excluding hydrogens is 320 g/mol. The van der Waals surface area contributed by atoms with Gasteiger partial charge in [0.15, 0.2) is 5.78 Å². The molecule has 0 bridgehead atoms. The Labute approximate surface area is 145 Å². The standard InChI is InChI=1S/C19H18N2O4/c22-18(15-8-7-13-3-1-4-14(13)11-15)9-10-19(23)20-16-5-2-6-17(12-16)21(24)25/h2,5-8,11-12H,1,3-4,9-10H2,(H,20,23). The van der Waals surface area contributed by atoms with Crippen molar-refractivity contribution in [2.24, 2.45) is 0 Å². The quantitative estimate of drug-likeness (QED) is 0.494. The number of rotatable bonds is 6. The van der Waals surface area contributed by atoms with Gasteiger partial charge in [0.2, 0.25) is 5.91 Å². The Bertz CT molecular complexity index is 845. The second-order valence-electron chi connectivity index (χ2n) is 6.12. The van der Waals surface area contributed by atoms with Crippen LogP contribution in [-0.2, 0) is 17.6 Å². The molecule has 0 spiro atoms. The van der Waals surface area contributed by atoms with Crippen molar-refractivity contribution < 1.29 is 14.5 Å². The van der Waals surface area contributed by atoms with Crippen LogP contribution in [0.1, 0.15) is 40.7 Å². The molecule has 1 N–H and O–H groups in total. The number of carbonyl (C=O) groups excluding carboxylic acids is 2. The summed E-state index contributed by atoms with van der Waals surface area (Å²) in [6, 6.07) is 11.5. The Hall–Kier alpha value is -3.02. The van der Waals surface area contributed by atoms with Crippen LogP contribution in [0.3, 0.4) is 0 Å². The fraction of sp³-hybridized carbons (Fsp3) is 0.263. The number of amides is 1. The Morgan fingerprint density at radius 2 is 1.84 bits per heavy atom. The van der Waals surface area contributed by atoms with Crippen molar-refractivity contribution in [1.29, 1.82) is 0 Å². The number of hydrogen-bond acceptors (Lipinski definition) is 4. The molecule has 0 radical (unpaired) electrons. The average Bonchev–Trinajstić information content (AvgIpc) is 3.07. The summed E-state index contributed by atoms with van der Waals surface area (Å²) in [5, 5.41) is 13.3. The van der Waals surface area contributed by atoms with E-state index in [9.17, 15) is 19.7 Å². The van der Waals surface area contributed by atoms with Crippen molar-refractivity contribution in [2.45, 2.75) is 32.1 Å². The average molecular weight is 338 g/mol. The lowest BCUT2D eigenvalue weighted by molar-refractivity contribution is -0.384. The molecule has 1 aliphatic rings. The van der Waals surface area contributed by atoms with E-state index in [4.69, 9.17) is 0 Å². The Balaban J connectivity index is 1.56. The van der Waals surface area contributed by atoms with E-state index in [1.807, 2.05) is 18.2 Å². The van der Waals surface area contributed by atoms with Gasteiger partial charge in [-0.25, -0.2) is 0 Å². The number of carbonyl (C=O) groups is 2. The maximum Gasteiger partial charge on any atom is 0.271 e. The molecule has 1 aliphatic carbocycles. The zero-order valence-electron chi connectivity index (χ0n) is 13.7. The zero-order chi connectivity index (χ0) is 17.8. The third-order valence-corrected chi connectivity index (χ3v) is 4.34. The first-order valence-electron chi connectivity index (χ1n) is 8.22. The van der Waals surface area contributed by atoms with Gasteiger partial charge in [0.25, 0.3) is 5.69 Å². The minimum Gasteiger partial charge on any atom is -0.326 e. The van der Waals surface area contributed by atoms with Crippen molar-refractivity contribution >= 4 is 23.1 Å². The van der Waals surface area contributed by atoms with Gasteiger partial charge in [-0.2, -0.15) is 0 Å². The van der Waals surface area contributed by atoms with Crippen LogP contribution in [0.25, 0.3) is 0 Å². The van der Waals surface area contributed by atoms with Crippen LogP contribution in [0.15, 0.2) is 42.5 Å². The minimum absolute atomic E-state index is 0.0403. The third-order valence-electron chi connectivity index (χ3n) is 4.34. The van der Waals surface area contributed by atoms with Gasteiger partial charge in [-0.3, -0.25) is 19.7 Å². The van der Waals surface area contributed by atoms with E-state index in [1.165, 1.54) is 29.3 Å². The number of ketones is 1. The highest BCUT2D eigenvalue weighted by molar-refractivity contribution is 6.00. The zero-order valence-corrected chi connectivity index (χ0v) is 13.7. The molecule has 3 rings (SSSR count). The highest BCUT2D eigenvalue weighted by Crippen LogP contribution is 2.23. The lowest BCUT2D eigenvalue weighted by Crippen LogP contribution is -2.13. The molecular formula is C19H18N2O4. The maximum atomic E-state index is 12.3. The molecule has 6 heteroatoms. The molecule has 25 heavy (non-hydrogen) atoms. The largest absolute Gasteiger partial charge is 0.326 e. The minimum atomic E-state index is -0.521. The van der Waals surface area contributed by atoms with Crippen molar-refractivity contribution in [3.8, 4) is 0 Å². The second kappa shape index (κ2) is 7.25. The molecule has 128 valence electrons. The lowest BCUT2D eigenvalue weighted by atomic mass is 10.0. The van der Waals surface area contributed by atoms with Crippen molar-refractivity contribution in [3.63, 3.8) is 0 Å². The fourth-order valence-electron chi connectivity index (χ4n) is 3.04. The third kappa shape index (κ3) is 4.09. The summed E-state index contributed by atoms with van der Waals surface area (Å²) < 4.78 is 0. The number of nitrogens with zero attached hydrogens (tertiary/aromatic N) is 1. The number of benzene rings is 2. The number of Topliss-reactive ketones (excluding diaryl/α,β-unsaturated/α-hetero) is 1. The highest BCUT2D eigenvalue weighted by atomic mass is 16.6. The normalized spacial score (nSPS) is 12.5. The van der Waals surface area contributed by atoms with E-state index < -0.39 is 4.92 Å². The van der Waals surface area contributed by atoms with Crippen LogP contribution >= 0.6 is 0 Å². The van der Waals surface area contributed by atoms with Gasteiger partial charge in [-0.05, 0) is 42.5 Å². The van der Waals surface area contributed by atoms with Gasteiger partial charge >= 0.3 is 0 Å². The first kappa shape index (κ1) is 16.8. The van der Waals surface area contributed by atoms with Gasteiger partial charge in [0.1, 0.15) is 0 Å². The van der Waals surface area contributed by atoms with Crippen LogP contribution in [-0.4, -0.2) is 16.6 Å². The van der Waals surface area contributed by atoms with E-state index in [0.717, 1.165) is 19.3 Å². The molecule has 0 atom stereocenters. The highest BCUT2D eigenvalue weighted by Gasteiger charge is 2.15. The molecule has 6 nitrogen and oxygen atoms in total. The summed E-state index contributed by atoms with van der Waals surface area (Å²) in [4.78, 5) is 34.5. The number of fused-ring (bicyclic) bond motifs is 1. The van der Waals surface area contributed by atoms with Gasteiger partial charge < -0.3 is 5.32 Å². The Morgan fingerprint density at radius 1 is 1.04 bits per heavy atom. The smallest absolute Gasteiger partial charge is 0.271 e. The predicted octanol–water partition coefficient (Wildman–Crippen LogP) is 3.69. The molecule has 0 heterocycles. The summed E-state index contributed by atoms with van der Waals surface area (Å²) in [6.45, 7) is 0. The number of nitrogens with one attached hydrogen (secondary N) is 1. The second-order valence-corrected chi connectivity index (χ2v) is 6.12. The maximum absolute atomic E-state index is 12.3. The Kier molecular flexibility index (Phi) is 4.88. The van der Waals surface area contributed by atoms with Crippen LogP contribution < -0.4 is 5.32 Å². The van der Waals surface area contributed by atoms with E-state index in [1.54, 1.807) is 6.07 Å². The lowest BCUT2D eigenvalue weighted by Gasteiger charge is -2.06. The SMILES string of the molecule is O=C(CCC(=O)c1ccc2c(c1)CCC2)Nc1cccc([N+](=O)[O-])c1. The van der Waals surface area contributed by atoms with Gasteiger partial charge in [-0.15, -0.1) is 0 Å². The number of non-ortho nitro benzene ring substituents is 1. The number of hydrogen-bond donors (Lipinski definition) is 1. The van der Waals surface area contributed by atoms with Crippen molar-refractivity contribution in [3.05, 3.63) is 69.3 Å². The van der Waals surface area contributed by atoms with Crippen molar-refractivity contribution in [2.75, 3.05) is 5.32 Å². The van der Waals surface area contributed by atoms with Crippen LogP contribution in [0.2, 0.25) is 0 Å². The molecule has 0 saturated heterocycles. The van der Waals surface area contributed by atoms with Gasteiger partial charge in [-0.1, -0.05) is 18.2 Å². The van der Waals surface area contributed by atoms with E-state index in [-0.39, 0.29) is 30.2 Å². The van der Waals surface area contributed by atoms with E-state index >= 15 is 0 Å². The molecule has 0 unspecified atom stereocenters. The summed E-state index contributed by atoms with van der Waals surface area (Å²) in [5.74, 6) is -0.404. The monoisotopic (exact) mass is 338 g/mol. The Morgan fingerprint density at radius 3 is 2.64 bits per heavy atom. The molecule has 1 amide bonds. The van der Waals surface area contributed by atoms with Crippen LogP contribution in [0, 0.1) is 10.1 Å². The van der Waals surface area contributed by atoms with E-state index in [2.05, 4.69) is 5.32 Å². The summed E-state index contributed by atoms with van der Waals surface area (Å²) >= 11 is 0. The van der Waals surface area contributed by atoms with Crippen LogP contribution in [0.4, 0.5) is 11.4 Å². The summed E-state index contributed by atoms with van der Waals surface area (Å²) in [7, 11) is 0. The molecule has 2 aromatic rings. The predicted molar refractivity (Wildman–Crippen MR) is 93.8 cm³/mol. The van der Waals surface area contributed by atoms with Crippen LogP contribution in [0.5, 0.6) is 0 Å². The topological polar surface area (TPSA) is 89.3 Å². The molecule has 0 aliphatic heterocycles. The molecule has 0 fully saturated rings. The number of anilines is 1. The first-order chi connectivity index (χ1) is 12.0. The van der Waals surface area contributed by atoms with Gasteiger partial charge in [0.05, 0.1) is 4.92 Å². The summed E-state index contributed by atoms with van der Waals surface area (Å²) in [5.41, 5.74) is 3.44. The van der Waals surface area contributed by atoms with Gasteiger partial charge in [0, 0.05) is 36.2 Å². The molecule has 0 saturated carbocycles. The number of nitro groups is 1. The molecule has 0 aromatic heterocycles. The summed E-state index contributed by atoms with van der Waals surface area (Å²) in [6.07, 6.45) is 3.34. The first-order valence-corrected chi connectivity index (χ1v) is 8.22. The van der Waals surface area contributed by atoms with E-state index in [0.29, 0.717) is 11.3 Å².